The first-order chi connectivity index (χ1) is 14.1. The molecule has 0 spiro atoms. The molecule has 2 heterocycles. The molecule has 0 saturated carbocycles. The summed E-state index contributed by atoms with van der Waals surface area (Å²) in [4.78, 5) is 24.6. The third kappa shape index (κ3) is 4.47. The molecular weight excluding hydrogens is 372 g/mol. The number of aryl methyl sites for hydroxylation is 1. The average molecular weight is 390 g/mol. The molecule has 1 aliphatic rings. The summed E-state index contributed by atoms with van der Waals surface area (Å²) in [5.74, 6) is 1.93. The maximum absolute atomic E-state index is 12.5. The van der Waals surface area contributed by atoms with Crippen LogP contribution >= 0.6 is 0 Å². The van der Waals surface area contributed by atoms with E-state index in [9.17, 15) is 9.59 Å². The summed E-state index contributed by atoms with van der Waals surface area (Å²) in [5.41, 5.74) is 1.55. The van der Waals surface area contributed by atoms with E-state index in [4.69, 9.17) is 13.9 Å². The number of hydrogen-bond acceptors (Lipinski definition) is 5. The van der Waals surface area contributed by atoms with Crippen LogP contribution in [0.3, 0.4) is 0 Å². The summed E-state index contributed by atoms with van der Waals surface area (Å²) < 4.78 is 15.9. The van der Waals surface area contributed by atoms with Crippen molar-refractivity contribution in [1.29, 1.82) is 0 Å². The average Bonchev–Trinajstić information content (AvgIpc) is 3.34. The molecule has 29 heavy (non-hydrogen) atoms. The van der Waals surface area contributed by atoms with Crippen LogP contribution in [-0.4, -0.2) is 18.6 Å². The normalized spacial score (nSPS) is 12.2. The van der Waals surface area contributed by atoms with Crippen LogP contribution in [0.2, 0.25) is 0 Å². The van der Waals surface area contributed by atoms with Gasteiger partial charge >= 0.3 is 0 Å². The second-order valence-corrected chi connectivity index (χ2v) is 6.37. The van der Waals surface area contributed by atoms with Gasteiger partial charge in [0.2, 0.25) is 12.7 Å². The summed E-state index contributed by atoms with van der Waals surface area (Å²) >= 11 is 0. The SMILES string of the molecule is Cc1ccc(C=CC(=O)Nc2cccc(NC(=O)c3ccc4c(c3)OCO4)c2)o1. The lowest BCUT2D eigenvalue weighted by molar-refractivity contribution is -0.111. The van der Waals surface area contributed by atoms with E-state index in [0.717, 1.165) is 5.76 Å². The highest BCUT2D eigenvalue weighted by Crippen LogP contribution is 2.32. The Morgan fingerprint density at radius 1 is 0.931 bits per heavy atom. The lowest BCUT2D eigenvalue weighted by Gasteiger charge is -2.08. The van der Waals surface area contributed by atoms with Crippen molar-refractivity contribution < 1.29 is 23.5 Å². The van der Waals surface area contributed by atoms with E-state index < -0.39 is 0 Å². The van der Waals surface area contributed by atoms with Gasteiger partial charge in [-0.1, -0.05) is 6.07 Å². The van der Waals surface area contributed by atoms with E-state index in [1.165, 1.54) is 6.08 Å². The molecule has 2 N–H and O–H groups in total. The van der Waals surface area contributed by atoms with E-state index in [1.807, 2.05) is 13.0 Å². The maximum atomic E-state index is 12.5. The molecule has 0 fully saturated rings. The lowest BCUT2D eigenvalue weighted by Crippen LogP contribution is -2.12. The first-order valence-corrected chi connectivity index (χ1v) is 8.93. The van der Waals surface area contributed by atoms with Gasteiger partial charge in [0, 0.05) is 23.0 Å². The molecule has 2 aromatic carbocycles. The second kappa shape index (κ2) is 7.93. The van der Waals surface area contributed by atoms with Crippen LogP contribution in [0, 0.1) is 6.92 Å². The number of carbonyl (C=O) groups is 2. The van der Waals surface area contributed by atoms with Gasteiger partial charge in [0.1, 0.15) is 11.5 Å². The molecule has 4 rings (SSSR count). The van der Waals surface area contributed by atoms with Gasteiger partial charge in [0.15, 0.2) is 11.5 Å². The second-order valence-electron chi connectivity index (χ2n) is 6.37. The van der Waals surface area contributed by atoms with Crippen molar-refractivity contribution in [3.63, 3.8) is 0 Å². The molecule has 7 nitrogen and oxygen atoms in total. The minimum Gasteiger partial charge on any atom is -0.462 e. The summed E-state index contributed by atoms with van der Waals surface area (Å²) in [6.07, 6.45) is 2.98. The lowest BCUT2D eigenvalue weighted by atomic mass is 10.2. The largest absolute Gasteiger partial charge is 0.462 e. The Labute approximate surface area is 166 Å². The monoisotopic (exact) mass is 390 g/mol. The summed E-state index contributed by atoms with van der Waals surface area (Å²) in [6.45, 7) is 1.98. The van der Waals surface area contributed by atoms with Gasteiger partial charge in [0.25, 0.3) is 5.91 Å². The highest BCUT2D eigenvalue weighted by atomic mass is 16.7. The molecule has 0 unspecified atom stereocenters. The molecule has 1 aromatic heterocycles. The molecule has 0 aliphatic carbocycles. The molecular formula is C22H18N2O5. The van der Waals surface area contributed by atoms with Crippen molar-refractivity contribution in [1.82, 2.24) is 0 Å². The molecule has 0 saturated heterocycles. The van der Waals surface area contributed by atoms with Crippen molar-refractivity contribution in [3.8, 4) is 11.5 Å². The molecule has 146 valence electrons. The van der Waals surface area contributed by atoms with Gasteiger partial charge in [0.05, 0.1) is 0 Å². The summed E-state index contributed by atoms with van der Waals surface area (Å²) in [6, 6.07) is 15.5. The van der Waals surface area contributed by atoms with Crippen molar-refractivity contribution in [2.24, 2.45) is 0 Å². The first kappa shape index (κ1) is 18.4. The smallest absolute Gasteiger partial charge is 0.255 e. The van der Waals surface area contributed by atoms with Crippen molar-refractivity contribution in [2.75, 3.05) is 17.4 Å². The van der Waals surface area contributed by atoms with Crippen LogP contribution < -0.4 is 20.1 Å². The molecule has 7 heteroatoms. The number of rotatable bonds is 5. The van der Waals surface area contributed by atoms with Crippen molar-refractivity contribution in [3.05, 3.63) is 77.8 Å². The number of hydrogen-bond donors (Lipinski definition) is 2. The van der Waals surface area contributed by atoms with Gasteiger partial charge in [-0.25, -0.2) is 0 Å². The van der Waals surface area contributed by atoms with Crippen LogP contribution in [0.25, 0.3) is 6.08 Å². The highest BCUT2D eigenvalue weighted by Gasteiger charge is 2.16. The van der Waals surface area contributed by atoms with Crippen LogP contribution in [0.5, 0.6) is 11.5 Å². The molecule has 3 aromatic rings. The predicted molar refractivity (Wildman–Crippen MR) is 108 cm³/mol. The van der Waals surface area contributed by atoms with E-state index in [1.54, 1.807) is 54.6 Å². The van der Waals surface area contributed by atoms with Gasteiger partial charge in [-0.05, 0) is 61.5 Å². The maximum Gasteiger partial charge on any atom is 0.255 e. The number of fused-ring (bicyclic) bond motifs is 1. The zero-order chi connectivity index (χ0) is 20.2. The molecule has 0 bridgehead atoms. The summed E-state index contributed by atoms with van der Waals surface area (Å²) in [7, 11) is 0. The third-order valence-corrected chi connectivity index (χ3v) is 4.18. The van der Waals surface area contributed by atoms with Gasteiger partial charge in [-0.2, -0.15) is 0 Å². The van der Waals surface area contributed by atoms with Crippen LogP contribution in [0.15, 0.2) is 65.1 Å². The summed E-state index contributed by atoms with van der Waals surface area (Å²) in [5, 5.41) is 5.56. The van der Waals surface area contributed by atoms with E-state index in [-0.39, 0.29) is 18.6 Å². The zero-order valence-electron chi connectivity index (χ0n) is 15.6. The van der Waals surface area contributed by atoms with E-state index >= 15 is 0 Å². The number of benzene rings is 2. The minimum atomic E-state index is -0.307. The number of ether oxygens (including phenoxy) is 2. The van der Waals surface area contributed by atoms with Crippen LogP contribution in [0.4, 0.5) is 11.4 Å². The fourth-order valence-electron chi connectivity index (χ4n) is 2.80. The first-order valence-electron chi connectivity index (χ1n) is 8.93. The van der Waals surface area contributed by atoms with Gasteiger partial charge in [-0.15, -0.1) is 0 Å². The Bertz CT molecular complexity index is 1100. The topological polar surface area (TPSA) is 89.8 Å². The highest BCUT2D eigenvalue weighted by molar-refractivity contribution is 6.05. The fraction of sp³-hybridized carbons (Fsp3) is 0.0909. The zero-order valence-corrected chi connectivity index (χ0v) is 15.6. The predicted octanol–water partition coefficient (Wildman–Crippen LogP) is 4.22. The Kier molecular flexibility index (Phi) is 5.03. The fourth-order valence-corrected chi connectivity index (χ4v) is 2.80. The third-order valence-electron chi connectivity index (χ3n) is 4.18. The molecule has 0 radical (unpaired) electrons. The number of nitrogens with one attached hydrogen (secondary N) is 2. The van der Waals surface area contributed by atoms with Crippen LogP contribution in [0.1, 0.15) is 21.9 Å². The Hall–Kier alpha value is -4.00. The standard InChI is InChI=1S/C22H18N2O5/c1-14-5-7-18(29-14)8-10-21(25)23-16-3-2-4-17(12-16)24-22(26)15-6-9-19-20(11-15)28-13-27-19/h2-12H,13H2,1H3,(H,23,25)(H,24,26). The number of furan rings is 1. The van der Waals surface area contributed by atoms with Crippen molar-refractivity contribution >= 4 is 29.3 Å². The molecule has 2 amide bonds. The van der Waals surface area contributed by atoms with Gasteiger partial charge < -0.3 is 24.5 Å². The molecule has 1 aliphatic heterocycles. The van der Waals surface area contributed by atoms with E-state index in [0.29, 0.717) is 34.2 Å². The van der Waals surface area contributed by atoms with Crippen molar-refractivity contribution in [2.45, 2.75) is 6.92 Å². The van der Waals surface area contributed by atoms with Gasteiger partial charge in [-0.3, -0.25) is 9.59 Å². The Morgan fingerprint density at radius 2 is 1.72 bits per heavy atom. The minimum absolute atomic E-state index is 0.149. The number of carbonyl (C=O) groups excluding carboxylic acids is 2. The molecule has 0 atom stereocenters. The van der Waals surface area contributed by atoms with Crippen LogP contribution in [-0.2, 0) is 4.79 Å². The quantitative estimate of drug-likeness (QED) is 0.637. The van der Waals surface area contributed by atoms with E-state index in [2.05, 4.69) is 10.6 Å². The number of anilines is 2. The Balaban J connectivity index is 1.40. The number of amides is 2. The Morgan fingerprint density at radius 3 is 2.52 bits per heavy atom.